The molecule has 3 rings (SSSR count). The molecule has 0 spiro atoms. The maximum absolute atomic E-state index is 12.4. The van der Waals surface area contributed by atoms with Crippen LogP contribution in [-0.4, -0.2) is 41.3 Å². The Hall–Kier alpha value is -0.730. The summed E-state index contributed by atoms with van der Waals surface area (Å²) in [6.07, 6.45) is 1.90. The molecule has 2 aliphatic heterocycles. The molecule has 1 atom stereocenters. The zero-order valence-corrected chi connectivity index (χ0v) is 14.9. The topological polar surface area (TPSA) is 76.7 Å². The Morgan fingerprint density at radius 2 is 1.96 bits per heavy atom. The Balaban J connectivity index is 0.00000192. The van der Waals surface area contributed by atoms with Crippen LogP contribution in [0.15, 0.2) is 17.0 Å². The average Bonchev–Trinajstić information content (AvgIpc) is 2.99. The summed E-state index contributed by atoms with van der Waals surface area (Å²) >= 11 is 6.09. The molecule has 0 radical (unpaired) electrons. The third kappa shape index (κ3) is 4.42. The van der Waals surface area contributed by atoms with Gasteiger partial charge in [0.15, 0.2) is 11.5 Å². The number of rotatable bonds is 5. The van der Waals surface area contributed by atoms with Crippen molar-refractivity contribution < 1.29 is 17.9 Å². The van der Waals surface area contributed by atoms with Crippen LogP contribution in [0.3, 0.4) is 0 Å². The van der Waals surface area contributed by atoms with Crippen molar-refractivity contribution in [2.24, 2.45) is 5.92 Å². The van der Waals surface area contributed by atoms with Crippen molar-refractivity contribution in [1.29, 1.82) is 0 Å². The van der Waals surface area contributed by atoms with Gasteiger partial charge in [0.1, 0.15) is 18.1 Å². The van der Waals surface area contributed by atoms with E-state index in [9.17, 15) is 8.42 Å². The van der Waals surface area contributed by atoms with Crippen LogP contribution in [-0.2, 0) is 10.0 Å². The number of hydrogen-bond acceptors (Lipinski definition) is 5. The van der Waals surface area contributed by atoms with Crippen molar-refractivity contribution in [1.82, 2.24) is 10.0 Å². The van der Waals surface area contributed by atoms with Crippen LogP contribution in [0.25, 0.3) is 0 Å². The Kier molecular flexibility index (Phi) is 6.39. The minimum absolute atomic E-state index is 0. The fraction of sp³-hybridized carbons (Fsp3) is 0.571. The molecule has 2 aliphatic rings. The van der Waals surface area contributed by atoms with Gasteiger partial charge >= 0.3 is 0 Å². The van der Waals surface area contributed by atoms with Crippen molar-refractivity contribution in [3.63, 3.8) is 0 Å². The first-order valence-corrected chi connectivity index (χ1v) is 9.22. The van der Waals surface area contributed by atoms with Crippen LogP contribution >= 0.6 is 24.0 Å². The third-order valence-corrected chi connectivity index (χ3v) is 5.82. The number of sulfonamides is 1. The summed E-state index contributed by atoms with van der Waals surface area (Å²) in [5, 5.41) is 3.40. The predicted octanol–water partition coefficient (Wildman–Crippen LogP) is 1.81. The predicted molar refractivity (Wildman–Crippen MR) is 90.5 cm³/mol. The molecular weight excluding hydrogens is 363 g/mol. The van der Waals surface area contributed by atoms with Gasteiger partial charge in [-0.15, -0.1) is 12.4 Å². The monoisotopic (exact) mass is 382 g/mol. The lowest BCUT2D eigenvalue weighted by Gasteiger charge is -2.20. The van der Waals surface area contributed by atoms with Gasteiger partial charge in [0.25, 0.3) is 0 Å². The van der Waals surface area contributed by atoms with Crippen molar-refractivity contribution in [2.75, 3.05) is 32.8 Å². The molecule has 1 aromatic rings. The highest BCUT2D eigenvalue weighted by Gasteiger charge is 2.23. The maximum Gasteiger partial charge on any atom is 0.242 e. The molecule has 1 aromatic carbocycles. The van der Waals surface area contributed by atoms with Gasteiger partial charge in [-0.05, 0) is 31.8 Å². The number of benzene rings is 1. The molecule has 2 N–H and O–H groups in total. The summed E-state index contributed by atoms with van der Waals surface area (Å²) < 4.78 is 38.2. The van der Waals surface area contributed by atoms with Gasteiger partial charge < -0.3 is 14.8 Å². The summed E-state index contributed by atoms with van der Waals surface area (Å²) in [7, 11) is -3.65. The molecular formula is C14H20Cl2N2O4S. The van der Waals surface area contributed by atoms with Crippen molar-refractivity contribution in [3.05, 3.63) is 17.2 Å². The molecule has 6 nitrogen and oxygen atoms in total. The quantitative estimate of drug-likeness (QED) is 0.811. The fourth-order valence-corrected chi connectivity index (χ4v) is 4.27. The fourth-order valence-electron chi connectivity index (χ4n) is 2.69. The largest absolute Gasteiger partial charge is 0.486 e. The Bertz CT molecular complexity index is 648. The van der Waals surface area contributed by atoms with Gasteiger partial charge in [-0.25, -0.2) is 13.1 Å². The van der Waals surface area contributed by atoms with Gasteiger partial charge in [-0.2, -0.15) is 0 Å². The van der Waals surface area contributed by atoms with E-state index in [4.69, 9.17) is 21.1 Å². The molecule has 0 aliphatic carbocycles. The summed E-state index contributed by atoms with van der Waals surface area (Å²) in [6.45, 7) is 3.19. The Labute approximate surface area is 147 Å². The van der Waals surface area contributed by atoms with Crippen LogP contribution in [0.2, 0.25) is 5.02 Å². The van der Waals surface area contributed by atoms with E-state index >= 15 is 0 Å². The second kappa shape index (κ2) is 7.90. The first kappa shape index (κ1) is 18.6. The SMILES string of the molecule is Cl.O=S(=O)(NCCC1CCNC1)c1cc2c(cc1Cl)OCCO2. The normalized spacial score (nSPS) is 20.1. The highest BCUT2D eigenvalue weighted by Crippen LogP contribution is 2.37. The Morgan fingerprint density at radius 1 is 1.26 bits per heavy atom. The molecule has 1 fully saturated rings. The average molecular weight is 383 g/mol. The van der Waals surface area contributed by atoms with E-state index in [0.29, 0.717) is 37.2 Å². The van der Waals surface area contributed by atoms with Crippen LogP contribution in [0.1, 0.15) is 12.8 Å². The standard InChI is InChI=1S/C14H19ClN2O4S.ClH/c15-11-7-12-13(21-6-5-20-12)8-14(11)22(18,19)17-4-2-10-1-3-16-9-10;/h7-8,10,16-17H,1-6,9H2;1H. The molecule has 0 amide bonds. The van der Waals surface area contributed by atoms with Gasteiger partial charge in [-0.3, -0.25) is 0 Å². The second-order valence-electron chi connectivity index (χ2n) is 5.47. The zero-order valence-electron chi connectivity index (χ0n) is 12.5. The first-order valence-electron chi connectivity index (χ1n) is 7.36. The summed E-state index contributed by atoms with van der Waals surface area (Å²) in [5.74, 6) is 1.42. The molecule has 23 heavy (non-hydrogen) atoms. The molecule has 1 saturated heterocycles. The van der Waals surface area contributed by atoms with Crippen LogP contribution in [0.4, 0.5) is 0 Å². The van der Waals surface area contributed by atoms with E-state index in [0.717, 1.165) is 25.9 Å². The van der Waals surface area contributed by atoms with E-state index in [-0.39, 0.29) is 22.3 Å². The van der Waals surface area contributed by atoms with E-state index in [2.05, 4.69) is 10.0 Å². The molecule has 2 heterocycles. The van der Waals surface area contributed by atoms with Gasteiger partial charge in [0.2, 0.25) is 10.0 Å². The molecule has 0 saturated carbocycles. The van der Waals surface area contributed by atoms with Crippen molar-refractivity contribution >= 4 is 34.0 Å². The molecule has 1 unspecified atom stereocenters. The highest BCUT2D eigenvalue weighted by atomic mass is 35.5. The Morgan fingerprint density at radius 3 is 2.61 bits per heavy atom. The lowest BCUT2D eigenvalue weighted by molar-refractivity contribution is 0.171. The number of ether oxygens (including phenoxy) is 2. The lowest BCUT2D eigenvalue weighted by Crippen LogP contribution is -2.27. The summed E-state index contributed by atoms with van der Waals surface area (Å²) in [4.78, 5) is 0.0305. The second-order valence-corrected chi connectivity index (χ2v) is 7.61. The maximum atomic E-state index is 12.4. The number of nitrogens with one attached hydrogen (secondary N) is 2. The molecule has 130 valence electrons. The number of fused-ring (bicyclic) bond motifs is 1. The number of halogens is 2. The van der Waals surface area contributed by atoms with Crippen molar-refractivity contribution in [2.45, 2.75) is 17.7 Å². The summed E-state index contributed by atoms with van der Waals surface area (Å²) in [6, 6.07) is 2.92. The van der Waals surface area contributed by atoms with Gasteiger partial charge in [0, 0.05) is 18.7 Å². The van der Waals surface area contributed by atoms with E-state index in [1.807, 2.05) is 0 Å². The summed E-state index contributed by atoms with van der Waals surface area (Å²) in [5.41, 5.74) is 0. The van der Waals surface area contributed by atoms with Crippen LogP contribution in [0, 0.1) is 5.92 Å². The molecule has 0 aromatic heterocycles. The minimum atomic E-state index is -3.65. The minimum Gasteiger partial charge on any atom is -0.486 e. The first-order chi connectivity index (χ1) is 10.6. The third-order valence-electron chi connectivity index (χ3n) is 3.89. The van der Waals surface area contributed by atoms with Gasteiger partial charge in [-0.1, -0.05) is 11.6 Å². The zero-order chi connectivity index (χ0) is 15.6. The molecule has 9 heteroatoms. The van der Waals surface area contributed by atoms with Crippen LogP contribution in [0.5, 0.6) is 11.5 Å². The van der Waals surface area contributed by atoms with Crippen LogP contribution < -0.4 is 19.5 Å². The van der Waals surface area contributed by atoms with Gasteiger partial charge in [0.05, 0.1) is 5.02 Å². The lowest BCUT2D eigenvalue weighted by atomic mass is 10.1. The molecule has 0 bridgehead atoms. The smallest absolute Gasteiger partial charge is 0.242 e. The number of hydrogen-bond donors (Lipinski definition) is 2. The van der Waals surface area contributed by atoms with E-state index in [1.165, 1.54) is 12.1 Å². The van der Waals surface area contributed by atoms with Crippen molar-refractivity contribution in [3.8, 4) is 11.5 Å². The van der Waals surface area contributed by atoms with E-state index < -0.39 is 10.0 Å². The van der Waals surface area contributed by atoms with E-state index in [1.54, 1.807) is 0 Å². The highest BCUT2D eigenvalue weighted by molar-refractivity contribution is 7.89.